The number of halogens is 2. The van der Waals surface area contributed by atoms with Crippen molar-refractivity contribution in [2.75, 3.05) is 0 Å². The average Bonchev–Trinajstić information content (AvgIpc) is 3.20. The lowest BCUT2D eigenvalue weighted by atomic mass is 10.1. The van der Waals surface area contributed by atoms with Crippen molar-refractivity contribution in [1.29, 1.82) is 0 Å². The number of thioether (sulfide) groups is 1. The molecule has 3 nitrogen and oxygen atoms in total. The maximum absolute atomic E-state index is 14.0. The molecule has 2 heterocycles. The van der Waals surface area contributed by atoms with Crippen LogP contribution in [0.25, 0.3) is 16.2 Å². The van der Waals surface area contributed by atoms with Crippen LogP contribution in [0.3, 0.4) is 0 Å². The van der Waals surface area contributed by atoms with E-state index in [0.717, 1.165) is 21.4 Å². The van der Waals surface area contributed by atoms with Crippen LogP contribution < -0.4 is 0 Å². The molecule has 0 fully saturated rings. The van der Waals surface area contributed by atoms with E-state index in [2.05, 4.69) is 47.6 Å². The molecule has 7 heteroatoms. The van der Waals surface area contributed by atoms with Gasteiger partial charge in [0.25, 0.3) is 0 Å². The van der Waals surface area contributed by atoms with E-state index in [4.69, 9.17) is 11.6 Å². The molecule has 0 aliphatic rings. The number of fused-ring (bicyclic) bond motifs is 1. The van der Waals surface area contributed by atoms with Crippen LogP contribution in [-0.2, 0) is 5.75 Å². The third kappa shape index (κ3) is 3.13. The number of rotatable bonds is 4. The Bertz CT molecular complexity index is 1080. The van der Waals surface area contributed by atoms with Crippen LogP contribution >= 0.6 is 34.7 Å². The summed E-state index contributed by atoms with van der Waals surface area (Å²) >= 11 is 9.11. The van der Waals surface area contributed by atoms with E-state index in [1.54, 1.807) is 23.5 Å². The van der Waals surface area contributed by atoms with E-state index in [1.807, 2.05) is 4.40 Å². The number of aromatic nitrogens is 3. The maximum Gasteiger partial charge on any atom is 0.217 e. The van der Waals surface area contributed by atoms with Crippen LogP contribution in [0, 0.1) is 19.7 Å². The van der Waals surface area contributed by atoms with Gasteiger partial charge in [0.05, 0.1) is 5.69 Å². The van der Waals surface area contributed by atoms with E-state index < -0.39 is 0 Å². The summed E-state index contributed by atoms with van der Waals surface area (Å²) in [7, 11) is 0. The highest BCUT2D eigenvalue weighted by atomic mass is 35.5. The lowest BCUT2D eigenvalue weighted by molar-refractivity contribution is 0.617. The van der Waals surface area contributed by atoms with Crippen LogP contribution in [0.5, 0.6) is 0 Å². The lowest BCUT2D eigenvalue weighted by Crippen LogP contribution is -1.93. The Hall–Kier alpha value is -1.89. The van der Waals surface area contributed by atoms with Crippen molar-refractivity contribution < 1.29 is 4.39 Å². The van der Waals surface area contributed by atoms with Crippen molar-refractivity contribution >= 4 is 39.7 Å². The minimum atomic E-state index is -0.300. The number of aryl methyl sites for hydroxylation is 2. The molecule has 0 radical (unpaired) electrons. The highest BCUT2D eigenvalue weighted by Crippen LogP contribution is 2.33. The Balaban J connectivity index is 1.71. The van der Waals surface area contributed by atoms with Crippen LogP contribution in [-0.4, -0.2) is 14.6 Å². The summed E-state index contributed by atoms with van der Waals surface area (Å²) in [6, 6.07) is 11.1. The standard InChI is InChI=1S/C19H15ClFN3S2/c1-11-6-7-13(8-12(11)2)17-10-26-19-23-22-18(24(17)19)25-9-14-15(20)4-3-5-16(14)21/h3-8,10H,9H2,1-2H3. The zero-order valence-electron chi connectivity index (χ0n) is 14.2. The molecule has 0 saturated carbocycles. The number of thiazole rings is 1. The first-order chi connectivity index (χ1) is 12.5. The Labute approximate surface area is 163 Å². The van der Waals surface area contributed by atoms with Crippen LogP contribution in [0.1, 0.15) is 16.7 Å². The lowest BCUT2D eigenvalue weighted by Gasteiger charge is -2.07. The predicted octanol–water partition coefficient (Wildman–Crippen LogP) is 6.16. The number of hydrogen-bond donors (Lipinski definition) is 0. The van der Waals surface area contributed by atoms with Crippen molar-refractivity contribution in [1.82, 2.24) is 14.6 Å². The largest absolute Gasteiger partial charge is 0.260 e. The van der Waals surface area contributed by atoms with Gasteiger partial charge in [0.2, 0.25) is 4.96 Å². The molecule has 0 spiro atoms. The Kier molecular flexibility index (Phi) is 4.73. The van der Waals surface area contributed by atoms with Gasteiger partial charge in [0.15, 0.2) is 5.16 Å². The normalized spacial score (nSPS) is 11.4. The van der Waals surface area contributed by atoms with Gasteiger partial charge in [-0.2, -0.15) is 0 Å². The minimum Gasteiger partial charge on any atom is -0.260 e. The average molecular weight is 404 g/mol. The van der Waals surface area contributed by atoms with Gasteiger partial charge in [-0.05, 0) is 48.7 Å². The SMILES string of the molecule is Cc1ccc(-c2csc3nnc(SCc4c(F)cccc4Cl)n23)cc1C. The summed E-state index contributed by atoms with van der Waals surface area (Å²) < 4.78 is 16.0. The van der Waals surface area contributed by atoms with Crippen molar-refractivity contribution in [3.8, 4) is 11.3 Å². The summed E-state index contributed by atoms with van der Waals surface area (Å²) in [6.45, 7) is 4.20. The first kappa shape index (κ1) is 17.5. The highest BCUT2D eigenvalue weighted by Gasteiger charge is 2.16. The Morgan fingerprint density at radius 3 is 2.77 bits per heavy atom. The number of hydrogen-bond acceptors (Lipinski definition) is 4. The van der Waals surface area contributed by atoms with E-state index in [0.29, 0.717) is 16.3 Å². The fourth-order valence-electron chi connectivity index (χ4n) is 2.70. The van der Waals surface area contributed by atoms with Gasteiger partial charge in [-0.15, -0.1) is 21.5 Å². The van der Waals surface area contributed by atoms with Crippen LogP contribution in [0.2, 0.25) is 5.02 Å². The summed E-state index contributed by atoms with van der Waals surface area (Å²) in [5, 5.41) is 11.8. The van der Waals surface area contributed by atoms with Crippen LogP contribution in [0.4, 0.5) is 4.39 Å². The second kappa shape index (κ2) is 7.02. The smallest absolute Gasteiger partial charge is 0.217 e. The van der Waals surface area contributed by atoms with Gasteiger partial charge < -0.3 is 0 Å². The van der Waals surface area contributed by atoms with Gasteiger partial charge in [-0.25, -0.2) is 4.39 Å². The van der Waals surface area contributed by atoms with E-state index >= 15 is 0 Å². The van der Waals surface area contributed by atoms with Crippen LogP contribution in [0.15, 0.2) is 46.9 Å². The highest BCUT2D eigenvalue weighted by molar-refractivity contribution is 7.98. The third-order valence-corrected chi connectivity index (χ3v) is 6.46. The molecule has 0 aliphatic heterocycles. The molecule has 4 aromatic rings. The Morgan fingerprint density at radius 2 is 2.00 bits per heavy atom. The van der Waals surface area contributed by atoms with Gasteiger partial charge in [-0.1, -0.05) is 41.6 Å². The molecular weight excluding hydrogens is 389 g/mol. The minimum absolute atomic E-state index is 0.300. The molecule has 0 amide bonds. The molecule has 4 rings (SSSR count). The topological polar surface area (TPSA) is 30.2 Å². The third-order valence-electron chi connectivity index (χ3n) is 4.33. The summed E-state index contributed by atoms with van der Waals surface area (Å²) in [6.07, 6.45) is 0. The second-order valence-corrected chi connectivity index (χ2v) is 8.20. The first-order valence-electron chi connectivity index (χ1n) is 8.00. The summed E-state index contributed by atoms with van der Waals surface area (Å²) in [4.78, 5) is 0.820. The zero-order valence-corrected chi connectivity index (χ0v) is 16.6. The molecule has 0 aliphatic carbocycles. The molecule has 0 atom stereocenters. The van der Waals surface area contributed by atoms with E-state index in [9.17, 15) is 4.39 Å². The molecular formula is C19H15ClFN3S2. The molecule has 0 saturated heterocycles. The molecule has 132 valence electrons. The quantitative estimate of drug-likeness (QED) is 0.382. The Morgan fingerprint density at radius 1 is 1.15 bits per heavy atom. The molecule has 26 heavy (non-hydrogen) atoms. The first-order valence-corrected chi connectivity index (χ1v) is 10.2. The second-order valence-electron chi connectivity index (χ2n) is 6.01. The predicted molar refractivity (Wildman–Crippen MR) is 107 cm³/mol. The monoisotopic (exact) mass is 403 g/mol. The van der Waals surface area contributed by atoms with E-state index in [1.165, 1.54) is 29.0 Å². The molecule has 2 aromatic carbocycles. The van der Waals surface area contributed by atoms with Gasteiger partial charge >= 0.3 is 0 Å². The van der Waals surface area contributed by atoms with Crippen molar-refractivity contribution in [3.63, 3.8) is 0 Å². The molecule has 0 N–H and O–H groups in total. The fraction of sp³-hybridized carbons (Fsp3) is 0.158. The summed E-state index contributed by atoms with van der Waals surface area (Å²) in [5.74, 6) is 0.0968. The zero-order chi connectivity index (χ0) is 18.3. The molecule has 0 bridgehead atoms. The van der Waals surface area contributed by atoms with E-state index in [-0.39, 0.29) is 5.82 Å². The maximum atomic E-state index is 14.0. The van der Waals surface area contributed by atoms with Gasteiger partial charge in [0.1, 0.15) is 5.82 Å². The van der Waals surface area contributed by atoms with Crippen molar-refractivity contribution in [2.45, 2.75) is 24.8 Å². The molecule has 2 aromatic heterocycles. The fourth-order valence-corrected chi connectivity index (χ4v) is 4.88. The van der Waals surface area contributed by atoms with Crippen molar-refractivity contribution in [2.24, 2.45) is 0 Å². The van der Waals surface area contributed by atoms with Gasteiger partial charge in [-0.3, -0.25) is 4.40 Å². The molecule has 0 unspecified atom stereocenters. The van der Waals surface area contributed by atoms with Gasteiger partial charge in [0, 0.05) is 21.7 Å². The number of nitrogens with zero attached hydrogens (tertiary/aromatic N) is 3. The summed E-state index contributed by atoms with van der Waals surface area (Å²) in [5.41, 5.74) is 5.14. The number of benzene rings is 2. The van der Waals surface area contributed by atoms with Crippen molar-refractivity contribution in [3.05, 3.63) is 69.3 Å².